The van der Waals surface area contributed by atoms with Crippen molar-refractivity contribution >= 4 is 33.8 Å². The Morgan fingerprint density at radius 3 is 2.16 bits per heavy atom. The number of ether oxygens (including phenoxy) is 2. The van der Waals surface area contributed by atoms with Crippen molar-refractivity contribution in [3.63, 3.8) is 0 Å². The Kier molecular flexibility index (Phi) is 11.1. The van der Waals surface area contributed by atoms with Crippen LogP contribution in [-0.2, 0) is 45.7 Å². The van der Waals surface area contributed by atoms with E-state index in [1.807, 2.05) is 0 Å². The molecule has 4 fully saturated rings. The number of carbonyl (C=O) groups is 4. The number of benzene rings is 2. The molecule has 16 heteroatoms. The van der Waals surface area contributed by atoms with E-state index in [-0.39, 0.29) is 36.6 Å². The second-order valence-electron chi connectivity index (χ2n) is 16.4. The van der Waals surface area contributed by atoms with Gasteiger partial charge in [0, 0.05) is 19.4 Å². The van der Waals surface area contributed by atoms with Crippen molar-refractivity contribution in [3.8, 4) is 11.1 Å². The summed E-state index contributed by atoms with van der Waals surface area (Å²) in [6.45, 7) is 8.77. The number of carbonyl (C=O) groups excluding carboxylic acids is 4. The zero-order chi connectivity index (χ0) is 40.8. The maximum atomic E-state index is 14.7. The predicted octanol–water partition coefficient (Wildman–Crippen LogP) is 5.57. The first-order chi connectivity index (χ1) is 26.2. The Hall–Kier alpha value is -4.44. The zero-order valence-electron chi connectivity index (χ0n) is 31.9. The highest BCUT2D eigenvalue weighted by Crippen LogP contribution is 2.47. The van der Waals surface area contributed by atoms with E-state index in [4.69, 9.17) is 9.47 Å². The van der Waals surface area contributed by atoms with Crippen LogP contribution in [-0.4, -0.2) is 79.8 Å². The van der Waals surface area contributed by atoms with Crippen LogP contribution in [0.1, 0.15) is 83.3 Å². The molecule has 2 aromatic rings. The van der Waals surface area contributed by atoms with Gasteiger partial charge in [0.25, 0.3) is 5.91 Å². The van der Waals surface area contributed by atoms with Crippen LogP contribution in [0.4, 0.5) is 18.0 Å². The summed E-state index contributed by atoms with van der Waals surface area (Å²) in [5, 5.41) is 4.78. The fourth-order valence-corrected chi connectivity index (χ4v) is 9.26. The molecule has 0 aromatic heterocycles. The van der Waals surface area contributed by atoms with E-state index < -0.39 is 85.4 Å². The van der Waals surface area contributed by atoms with Crippen LogP contribution in [0.15, 0.2) is 61.2 Å². The normalized spacial score (nSPS) is 25.9. The molecule has 0 unspecified atom stereocenters. The first-order valence-electron chi connectivity index (χ1n) is 18.9. The van der Waals surface area contributed by atoms with Crippen molar-refractivity contribution in [3.05, 3.63) is 72.3 Å². The molecular weight excluding hydrogens is 754 g/mol. The molecule has 1 aliphatic heterocycles. The number of likely N-dealkylation sites (tertiary alicyclic amines) is 1. The quantitative estimate of drug-likeness (QED) is 0.235. The average molecular weight is 803 g/mol. The third kappa shape index (κ3) is 8.31. The number of halogens is 3. The second kappa shape index (κ2) is 15.1. The number of methoxy groups -OCH3 is 1. The average Bonchev–Trinajstić information content (AvgIpc) is 4.03. The van der Waals surface area contributed by atoms with Crippen molar-refractivity contribution in [1.29, 1.82) is 0 Å². The van der Waals surface area contributed by atoms with Gasteiger partial charge in [0.2, 0.25) is 21.8 Å². The summed E-state index contributed by atoms with van der Waals surface area (Å²) in [6.07, 6.45) is -0.223. The zero-order valence-corrected chi connectivity index (χ0v) is 32.7. The first-order valence-corrected chi connectivity index (χ1v) is 20.4. The lowest BCUT2D eigenvalue weighted by molar-refractivity contribution is -0.143. The van der Waals surface area contributed by atoms with Gasteiger partial charge in [-0.15, -0.1) is 6.58 Å². The molecule has 56 heavy (non-hydrogen) atoms. The van der Waals surface area contributed by atoms with E-state index in [9.17, 15) is 40.8 Å². The van der Waals surface area contributed by atoms with E-state index in [1.165, 1.54) is 48.4 Å². The Labute approximate surface area is 325 Å². The maximum Gasteiger partial charge on any atom is 0.417 e. The SMILES string of the molecule is C=C[C@@H]1C[C@]1(NC(=O)[C@@H]1C[C@@](OC)(c2ccc(-c3ccccc3C(F)(F)F)cc2)CN1C(=O)[C@@H](NC(=O)OC1CCCC1)C(C)(C)C)C(=O)NS(=O)(=O)C1CC1. The van der Waals surface area contributed by atoms with Crippen LogP contribution in [0.5, 0.6) is 0 Å². The second-order valence-corrected chi connectivity index (χ2v) is 18.4. The number of hydrogen-bond donors (Lipinski definition) is 3. The molecular formula is C40H49F3N4O8S. The number of sulfonamides is 1. The van der Waals surface area contributed by atoms with Crippen molar-refractivity contribution in [2.75, 3.05) is 13.7 Å². The van der Waals surface area contributed by atoms with Gasteiger partial charge in [-0.1, -0.05) is 69.3 Å². The highest BCUT2D eigenvalue weighted by atomic mass is 32.2. The third-order valence-electron chi connectivity index (χ3n) is 11.5. The molecule has 12 nitrogen and oxygen atoms in total. The Morgan fingerprint density at radius 1 is 0.964 bits per heavy atom. The molecule has 0 bridgehead atoms. The standard InChI is InChI=1S/C40H49F3N4O8S/c1-6-25-21-39(25,35(50)46-56(52,53)28-19-20-28)45-33(48)31-22-38(54-5,26-17-15-24(16-18-26)29-13-9-10-14-30(29)40(41,42)43)23-47(31)34(49)32(37(2,3)4)44-36(51)55-27-11-7-8-12-27/h6,9-10,13-18,25,27-28,31-32H,1,7-8,11-12,19-23H2,2-5H3,(H,44,51)(H,45,48)(H,46,50)/t25-,31+,32-,38+,39-/m1/s1. The van der Waals surface area contributed by atoms with Crippen LogP contribution >= 0.6 is 0 Å². The number of rotatable bonds is 12. The molecule has 1 heterocycles. The van der Waals surface area contributed by atoms with Gasteiger partial charge < -0.3 is 25.0 Å². The lowest BCUT2D eigenvalue weighted by atomic mass is 9.85. The van der Waals surface area contributed by atoms with Crippen LogP contribution in [0.2, 0.25) is 0 Å². The number of alkyl carbamates (subject to hydrolysis) is 1. The fraction of sp³-hybridized carbons (Fsp3) is 0.550. The smallest absolute Gasteiger partial charge is 0.417 e. The first kappa shape index (κ1) is 41.2. The summed E-state index contributed by atoms with van der Waals surface area (Å²) < 4.78 is 81.0. The third-order valence-corrected chi connectivity index (χ3v) is 13.3. The van der Waals surface area contributed by atoms with Gasteiger partial charge in [-0.25, -0.2) is 13.2 Å². The number of hydrogen-bond acceptors (Lipinski definition) is 8. The van der Waals surface area contributed by atoms with Crippen molar-refractivity contribution < 1.29 is 50.2 Å². The molecule has 5 atom stereocenters. The van der Waals surface area contributed by atoms with Crippen molar-refractivity contribution in [2.45, 2.75) is 113 Å². The molecule has 0 radical (unpaired) electrons. The highest BCUT2D eigenvalue weighted by Gasteiger charge is 2.63. The summed E-state index contributed by atoms with van der Waals surface area (Å²) in [6, 6.07) is 8.88. The van der Waals surface area contributed by atoms with E-state index in [2.05, 4.69) is 21.9 Å². The number of nitrogens with one attached hydrogen (secondary N) is 3. The number of alkyl halides is 3. The maximum absolute atomic E-state index is 14.7. The van der Waals surface area contributed by atoms with E-state index in [0.717, 1.165) is 18.9 Å². The monoisotopic (exact) mass is 802 g/mol. The summed E-state index contributed by atoms with van der Waals surface area (Å²) in [5.41, 5.74) is -4.01. The molecule has 1 saturated heterocycles. The van der Waals surface area contributed by atoms with E-state index in [1.54, 1.807) is 32.9 Å². The van der Waals surface area contributed by atoms with Gasteiger partial charge in [0.1, 0.15) is 29.3 Å². The molecule has 3 saturated carbocycles. The summed E-state index contributed by atoms with van der Waals surface area (Å²) >= 11 is 0. The van der Waals surface area contributed by atoms with Crippen molar-refractivity contribution in [2.24, 2.45) is 11.3 Å². The van der Waals surface area contributed by atoms with Gasteiger partial charge in [0.15, 0.2) is 0 Å². The van der Waals surface area contributed by atoms with Gasteiger partial charge in [-0.05, 0) is 73.1 Å². The fourth-order valence-electron chi connectivity index (χ4n) is 7.89. The van der Waals surface area contributed by atoms with E-state index in [0.29, 0.717) is 31.2 Å². The molecule has 4 amide bonds. The van der Waals surface area contributed by atoms with Crippen LogP contribution in [0.25, 0.3) is 11.1 Å². The lowest BCUT2D eigenvalue weighted by Gasteiger charge is -2.36. The van der Waals surface area contributed by atoms with Crippen molar-refractivity contribution in [1.82, 2.24) is 20.3 Å². The Balaban J connectivity index is 1.34. The number of nitrogens with zero attached hydrogens (tertiary/aromatic N) is 1. The molecule has 6 rings (SSSR count). The highest BCUT2D eigenvalue weighted by molar-refractivity contribution is 7.91. The number of amides is 4. The van der Waals surface area contributed by atoms with Crippen LogP contribution in [0, 0.1) is 11.3 Å². The summed E-state index contributed by atoms with van der Waals surface area (Å²) in [7, 11) is -2.58. The minimum absolute atomic E-state index is 0.0319. The topological polar surface area (TPSA) is 160 Å². The molecule has 3 aliphatic carbocycles. The van der Waals surface area contributed by atoms with Gasteiger partial charge in [-0.3, -0.25) is 19.1 Å². The largest absolute Gasteiger partial charge is 0.446 e. The Morgan fingerprint density at radius 2 is 1.61 bits per heavy atom. The molecule has 0 spiro atoms. The minimum Gasteiger partial charge on any atom is -0.446 e. The van der Waals surface area contributed by atoms with Gasteiger partial charge >= 0.3 is 12.3 Å². The van der Waals surface area contributed by atoms with Gasteiger partial charge in [-0.2, -0.15) is 13.2 Å². The molecule has 304 valence electrons. The molecule has 4 aliphatic rings. The van der Waals surface area contributed by atoms with Crippen LogP contribution < -0.4 is 15.4 Å². The van der Waals surface area contributed by atoms with Crippen LogP contribution in [0.3, 0.4) is 0 Å². The minimum atomic E-state index is -4.60. The summed E-state index contributed by atoms with van der Waals surface area (Å²) in [5.74, 6) is -2.91. The lowest BCUT2D eigenvalue weighted by Crippen LogP contribution is -2.60. The predicted molar refractivity (Wildman–Crippen MR) is 200 cm³/mol. The Bertz CT molecular complexity index is 1980. The summed E-state index contributed by atoms with van der Waals surface area (Å²) in [4.78, 5) is 57.2. The molecule has 3 N–H and O–H groups in total. The van der Waals surface area contributed by atoms with E-state index >= 15 is 0 Å². The van der Waals surface area contributed by atoms with Gasteiger partial charge in [0.05, 0.1) is 17.4 Å². The molecule has 2 aromatic carbocycles.